The lowest BCUT2D eigenvalue weighted by molar-refractivity contribution is -0.541. The number of hydrogen-bond donors (Lipinski definition) is 0. The van der Waals surface area contributed by atoms with Gasteiger partial charge in [-0.05, 0) is 35.9 Å². The van der Waals surface area contributed by atoms with Crippen LogP contribution in [0.5, 0.6) is 0 Å². The van der Waals surface area contributed by atoms with E-state index in [9.17, 15) is 10.0 Å². The third kappa shape index (κ3) is 2.61. The Kier molecular flexibility index (Phi) is 3.68. The molecule has 0 amide bonds. The third-order valence-corrected chi connectivity index (χ3v) is 4.23. The van der Waals surface area contributed by atoms with Crippen molar-refractivity contribution in [2.75, 3.05) is 7.11 Å². The normalized spacial score (nSPS) is 16.0. The molecule has 0 fully saturated rings. The van der Waals surface area contributed by atoms with Gasteiger partial charge in [0, 0.05) is 25.8 Å². The van der Waals surface area contributed by atoms with Crippen molar-refractivity contribution in [3.8, 4) is 0 Å². The second-order valence-electron chi connectivity index (χ2n) is 6.36. The van der Waals surface area contributed by atoms with Gasteiger partial charge in [0.25, 0.3) is 0 Å². The van der Waals surface area contributed by atoms with Crippen LogP contribution in [0.4, 0.5) is 0 Å². The molecular formula is C19H19NO3. The first-order valence-electron chi connectivity index (χ1n) is 7.55. The number of methoxy groups -OCH3 is 1. The molecule has 4 heteroatoms. The summed E-state index contributed by atoms with van der Waals surface area (Å²) in [5.74, 6) is -0.384. The fourth-order valence-electron chi connectivity index (χ4n) is 3.01. The van der Waals surface area contributed by atoms with Crippen molar-refractivity contribution < 1.29 is 14.3 Å². The summed E-state index contributed by atoms with van der Waals surface area (Å²) in [7, 11) is 1.35. The summed E-state index contributed by atoms with van der Waals surface area (Å²) < 4.78 is 5.80. The molecule has 1 aliphatic rings. The molecule has 0 spiro atoms. The molecule has 0 N–H and O–H groups in total. The molecule has 2 aromatic rings. The van der Waals surface area contributed by atoms with E-state index in [0.29, 0.717) is 17.7 Å². The minimum absolute atomic E-state index is 0.384. The number of carbonyl (C=O) groups is 1. The summed E-state index contributed by atoms with van der Waals surface area (Å²) in [4.78, 5) is 11.6. The van der Waals surface area contributed by atoms with Crippen LogP contribution in [0.15, 0.2) is 48.5 Å². The van der Waals surface area contributed by atoms with E-state index in [0.717, 1.165) is 21.4 Å². The van der Waals surface area contributed by atoms with E-state index in [2.05, 4.69) is 6.07 Å². The van der Waals surface area contributed by atoms with Crippen LogP contribution in [-0.4, -0.2) is 29.1 Å². The maximum Gasteiger partial charge on any atom is 0.337 e. The Labute approximate surface area is 135 Å². The van der Waals surface area contributed by atoms with Gasteiger partial charge in [0.2, 0.25) is 5.71 Å². The number of rotatable bonds is 2. The van der Waals surface area contributed by atoms with E-state index in [1.165, 1.54) is 7.11 Å². The Morgan fingerprint density at radius 3 is 2.43 bits per heavy atom. The molecule has 1 heterocycles. The smallest absolute Gasteiger partial charge is 0.337 e. The maximum atomic E-state index is 12.9. The number of ether oxygens (including phenoxy) is 1. The van der Waals surface area contributed by atoms with Gasteiger partial charge in [-0.25, -0.2) is 4.79 Å². The molecule has 0 saturated carbocycles. The summed E-state index contributed by atoms with van der Waals surface area (Å²) >= 11 is 0. The molecule has 0 bridgehead atoms. The van der Waals surface area contributed by atoms with Crippen molar-refractivity contribution in [1.29, 1.82) is 0 Å². The molecule has 0 aromatic heterocycles. The molecule has 4 nitrogen and oxygen atoms in total. The van der Waals surface area contributed by atoms with Crippen molar-refractivity contribution in [2.45, 2.75) is 25.8 Å². The predicted octanol–water partition coefficient (Wildman–Crippen LogP) is 3.16. The SMILES string of the molecule is COC(=O)c1ccc(C2=[N+]([O-])C(C)(C)Cc3ccccc32)cc1. The number of fused-ring (bicyclic) bond motifs is 1. The number of hydroxylamine groups is 1. The van der Waals surface area contributed by atoms with Crippen LogP contribution in [-0.2, 0) is 11.2 Å². The van der Waals surface area contributed by atoms with Crippen LogP contribution in [0.3, 0.4) is 0 Å². The van der Waals surface area contributed by atoms with Crippen molar-refractivity contribution in [3.63, 3.8) is 0 Å². The van der Waals surface area contributed by atoms with Gasteiger partial charge < -0.3 is 9.94 Å². The minimum atomic E-state index is -0.509. The highest BCUT2D eigenvalue weighted by Crippen LogP contribution is 2.28. The van der Waals surface area contributed by atoms with Gasteiger partial charge in [0.1, 0.15) is 0 Å². The topological polar surface area (TPSA) is 52.4 Å². The fourth-order valence-corrected chi connectivity index (χ4v) is 3.01. The summed E-state index contributed by atoms with van der Waals surface area (Å²) in [6, 6.07) is 14.9. The van der Waals surface area contributed by atoms with Crippen LogP contribution in [0, 0.1) is 5.21 Å². The van der Waals surface area contributed by atoms with Crippen LogP contribution in [0.25, 0.3) is 0 Å². The highest BCUT2D eigenvalue weighted by atomic mass is 16.5. The van der Waals surface area contributed by atoms with Gasteiger partial charge in [-0.2, -0.15) is 4.74 Å². The van der Waals surface area contributed by atoms with E-state index >= 15 is 0 Å². The number of benzene rings is 2. The molecule has 0 unspecified atom stereocenters. The lowest BCUT2D eigenvalue weighted by atomic mass is 9.84. The van der Waals surface area contributed by atoms with Crippen molar-refractivity contribution in [3.05, 3.63) is 76.0 Å². The molecule has 23 heavy (non-hydrogen) atoms. The second-order valence-corrected chi connectivity index (χ2v) is 6.36. The molecule has 0 saturated heterocycles. The molecule has 0 aliphatic carbocycles. The number of hydrogen-bond acceptors (Lipinski definition) is 3. The average molecular weight is 309 g/mol. The summed E-state index contributed by atoms with van der Waals surface area (Å²) in [6.45, 7) is 3.89. The van der Waals surface area contributed by atoms with Crippen LogP contribution < -0.4 is 0 Å². The van der Waals surface area contributed by atoms with Crippen molar-refractivity contribution in [2.24, 2.45) is 0 Å². The summed E-state index contributed by atoms with van der Waals surface area (Å²) in [5.41, 5.74) is 3.52. The Hall–Kier alpha value is -2.62. The molecule has 1 aliphatic heterocycles. The van der Waals surface area contributed by atoms with Gasteiger partial charge in [-0.15, -0.1) is 0 Å². The van der Waals surface area contributed by atoms with E-state index < -0.39 is 5.54 Å². The van der Waals surface area contributed by atoms with Crippen LogP contribution in [0.2, 0.25) is 0 Å². The summed E-state index contributed by atoms with van der Waals surface area (Å²) in [6.07, 6.45) is 0.705. The highest BCUT2D eigenvalue weighted by molar-refractivity contribution is 6.11. The van der Waals surface area contributed by atoms with E-state index in [1.54, 1.807) is 24.3 Å². The zero-order valence-electron chi connectivity index (χ0n) is 13.5. The lowest BCUT2D eigenvalue weighted by Crippen LogP contribution is -2.43. The zero-order valence-corrected chi connectivity index (χ0v) is 13.5. The largest absolute Gasteiger partial charge is 0.623 e. The third-order valence-electron chi connectivity index (χ3n) is 4.23. The van der Waals surface area contributed by atoms with E-state index in [1.807, 2.05) is 32.0 Å². The number of nitrogens with zero attached hydrogens (tertiary/aromatic N) is 1. The summed E-state index contributed by atoms with van der Waals surface area (Å²) in [5, 5.41) is 12.9. The average Bonchev–Trinajstić information content (AvgIpc) is 2.55. The van der Waals surface area contributed by atoms with Gasteiger partial charge in [-0.3, -0.25) is 0 Å². The Bertz CT molecular complexity index is 789. The standard InChI is InChI=1S/C19H19NO3/c1-19(2)12-15-6-4-5-7-16(15)17(20(19)22)13-8-10-14(11-9-13)18(21)23-3/h4-11H,12H2,1-3H3. The lowest BCUT2D eigenvalue weighted by Gasteiger charge is -2.32. The minimum Gasteiger partial charge on any atom is -0.623 e. The molecule has 118 valence electrons. The highest BCUT2D eigenvalue weighted by Gasteiger charge is 2.37. The Morgan fingerprint density at radius 1 is 1.13 bits per heavy atom. The second kappa shape index (κ2) is 5.54. The monoisotopic (exact) mass is 309 g/mol. The van der Waals surface area contributed by atoms with E-state index in [-0.39, 0.29) is 5.97 Å². The molecule has 3 rings (SSSR count). The van der Waals surface area contributed by atoms with Crippen LogP contribution >= 0.6 is 0 Å². The van der Waals surface area contributed by atoms with Gasteiger partial charge in [0.15, 0.2) is 5.54 Å². The fraction of sp³-hybridized carbons (Fsp3) is 0.263. The first-order valence-corrected chi connectivity index (χ1v) is 7.55. The van der Waals surface area contributed by atoms with Gasteiger partial charge in [0.05, 0.1) is 18.2 Å². The predicted molar refractivity (Wildman–Crippen MR) is 88.8 cm³/mol. The van der Waals surface area contributed by atoms with Crippen molar-refractivity contribution in [1.82, 2.24) is 0 Å². The van der Waals surface area contributed by atoms with E-state index in [4.69, 9.17) is 4.74 Å². The van der Waals surface area contributed by atoms with Gasteiger partial charge >= 0.3 is 5.97 Å². The molecular weight excluding hydrogens is 290 g/mol. The first kappa shape index (κ1) is 15.3. The number of carbonyl (C=O) groups excluding carboxylic acids is 1. The Morgan fingerprint density at radius 2 is 1.78 bits per heavy atom. The quantitative estimate of drug-likeness (QED) is 0.486. The number of esters is 1. The Balaban J connectivity index is 2.14. The zero-order chi connectivity index (χ0) is 16.6. The molecule has 0 radical (unpaired) electrons. The van der Waals surface area contributed by atoms with Gasteiger partial charge in [-0.1, -0.05) is 18.2 Å². The van der Waals surface area contributed by atoms with Crippen LogP contribution in [0.1, 0.15) is 40.9 Å². The first-order chi connectivity index (χ1) is 10.9. The molecule has 0 atom stereocenters. The maximum absolute atomic E-state index is 12.9. The van der Waals surface area contributed by atoms with Crippen molar-refractivity contribution >= 4 is 11.7 Å². The molecule has 2 aromatic carbocycles.